The Balaban J connectivity index is 5.38. The van der Waals surface area contributed by atoms with E-state index >= 15 is 0 Å². The fourth-order valence-electron chi connectivity index (χ4n) is 6.40. The van der Waals surface area contributed by atoms with Crippen LogP contribution in [-0.2, 0) is 66.3 Å². The first-order chi connectivity index (χ1) is 32.2. The molecule has 0 aliphatic rings. The van der Waals surface area contributed by atoms with Gasteiger partial charge in [0.1, 0.15) is 13.4 Å². The van der Waals surface area contributed by atoms with Gasteiger partial charge < -0.3 is 68.8 Å². The van der Waals surface area contributed by atoms with Crippen molar-refractivity contribution in [2.75, 3.05) is 114 Å². The Morgan fingerprint density at radius 1 is 0.567 bits per heavy atom. The Kier molecular flexibility index (Phi) is 41.3. The number of amides is 4. The summed E-state index contributed by atoms with van der Waals surface area (Å²) in [4.78, 5) is 89.7. The molecule has 4 unspecified atom stereocenters. The summed E-state index contributed by atoms with van der Waals surface area (Å²) >= 11 is 0. The molecule has 67 heavy (non-hydrogen) atoms. The molecule has 0 heterocycles. The number of unbranched alkanes of at least 4 members (excludes halogenated alkanes) is 4. The van der Waals surface area contributed by atoms with Crippen LogP contribution >= 0.6 is 7.60 Å². The second kappa shape index (κ2) is 43.1. The highest BCUT2D eigenvalue weighted by Crippen LogP contribution is 2.42. The normalized spacial score (nSPS) is 13.7. The minimum Gasteiger partial charge on any atom is -0.778 e. The van der Waals surface area contributed by atoms with Crippen LogP contribution in [0, 0.1) is 11.8 Å². The van der Waals surface area contributed by atoms with Crippen molar-refractivity contribution in [2.45, 2.75) is 135 Å². The largest absolute Gasteiger partial charge is 0.778 e. The summed E-state index contributed by atoms with van der Waals surface area (Å²) in [6.45, 7) is 7.06. The van der Waals surface area contributed by atoms with Crippen LogP contribution in [0.1, 0.15) is 123 Å². The molecule has 0 radical (unpaired) electrons. The number of ether oxygens (including phenoxy) is 6. The first kappa shape index (κ1) is 64.1. The lowest BCUT2D eigenvalue weighted by molar-refractivity contribution is -0.201. The lowest BCUT2D eigenvalue weighted by Crippen LogP contribution is -2.44. The number of carbonyl (C=O) groups excluding carboxylic acids is 6. The molecule has 0 aromatic rings. The number of carbonyl (C=O) groups is 6. The molecular weight excluding hydrogens is 895 g/mol. The summed E-state index contributed by atoms with van der Waals surface area (Å²) in [6, 6.07) is -0.842. The quantitative estimate of drug-likeness (QED) is 0.0433. The van der Waals surface area contributed by atoms with Gasteiger partial charge in [0.25, 0.3) is 0 Å². The van der Waals surface area contributed by atoms with E-state index in [2.05, 4.69) is 21.3 Å². The Morgan fingerprint density at radius 3 is 1.52 bits per heavy atom. The van der Waals surface area contributed by atoms with E-state index in [1.54, 1.807) is 21.3 Å². The number of hydrogen-bond donors (Lipinski definition) is 5. The van der Waals surface area contributed by atoms with Crippen LogP contribution in [-0.4, -0.2) is 166 Å². The molecular formula is C46H86N4O16P-. The van der Waals surface area contributed by atoms with E-state index in [1.807, 2.05) is 0 Å². The fraction of sp³-hybridized carbons (Fsp3) is 0.870. The minimum absolute atomic E-state index is 0.0405. The molecule has 0 fully saturated rings. The predicted octanol–water partition coefficient (Wildman–Crippen LogP) is 2.78. The molecule has 0 rings (SSSR count). The van der Waals surface area contributed by atoms with Crippen molar-refractivity contribution in [1.29, 1.82) is 0 Å². The van der Waals surface area contributed by atoms with Crippen LogP contribution in [0.15, 0.2) is 0 Å². The highest BCUT2D eigenvalue weighted by atomic mass is 31.2. The van der Waals surface area contributed by atoms with Gasteiger partial charge in [0.15, 0.2) is 5.78 Å². The van der Waals surface area contributed by atoms with Gasteiger partial charge >= 0.3 is 0 Å². The summed E-state index contributed by atoms with van der Waals surface area (Å²) in [5.74, 6) is -2.30. The van der Waals surface area contributed by atoms with E-state index in [1.165, 1.54) is 13.8 Å². The zero-order valence-electron chi connectivity index (χ0n) is 41.2. The van der Waals surface area contributed by atoms with Gasteiger partial charge in [-0.15, -0.1) is 0 Å². The number of Topliss-reactive ketones (excluding diaryl/α,β-unsaturated/α-hetero) is 2. The average Bonchev–Trinajstić information content (AvgIpc) is 3.29. The number of rotatable bonds is 48. The summed E-state index contributed by atoms with van der Waals surface area (Å²) in [5.41, 5.74) is -0.648. The molecule has 0 aliphatic heterocycles. The Labute approximate surface area is 399 Å². The van der Waals surface area contributed by atoms with Crippen molar-refractivity contribution in [3.8, 4) is 0 Å². The van der Waals surface area contributed by atoms with E-state index in [0.29, 0.717) is 130 Å². The van der Waals surface area contributed by atoms with Gasteiger partial charge in [-0.3, -0.25) is 28.8 Å². The van der Waals surface area contributed by atoms with Gasteiger partial charge in [0.2, 0.25) is 23.6 Å². The summed E-state index contributed by atoms with van der Waals surface area (Å²) in [7, 11) is 0.714. The van der Waals surface area contributed by atoms with Crippen molar-refractivity contribution >= 4 is 42.8 Å². The zero-order valence-corrected chi connectivity index (χ0v) is 42.1. The average molecular weight is 982 g/mol. The topological polar surface area (TPSA) is 276 Å². The number of nitrogens with one attached hydrogen (secondary N) is 4. The van der Waals surface area contributed by atoms with Gasteiger partial charge in [0, 0.05) is 104 Å². The van der Waals surface area contributed by atoms with Crippen molar-refractivity contribution in [3.05, 3.63) is 0 Å². The van der Waals surface area contributed by atoms with Gasteiger partial charge in [-0.2, -0.15) is 0 Å². The molecule has 0 spiro atoms. The minimum atomic E-state index is -3.97. The van der Waals surface area contributed by atoms with Crippen LogP contribution in [0.25, 0.3) is 0 Å². The summed E-state index contributed by atoms with van der Waals surface area (Å²) < 4.78 is 48.0. The first-order valence-corrected chi connectivity index (χ1v) is 25.7. The zero-order chi connectivity index (χ0) is 50.0. The third-order valence-electron chi connectivity index (χ3n) is 10.7. The maximum atomic E-state index is 13.9. The summed E-state index contributed by atoms with van der Waals surface area (Å²) in [5, 5.41) is 21.1. The Hall–Kier alpha value is -2.91. The second-order valence-corrected chi connectivity index (χ2v) is 19.1. The monoisotopic (exact) mass is 982 g/mol. The molecule has 0 saturated carbocycles. The predicted molar refractivity (Wildman–Crippen MR) is 250 cm³/mol. The molecule has 0 aromatic carbocycles. The Morgan fingerprint density at radius 2 is 1.03 bits per heavy atom. The van der Waals surface area contributed by atoms with E-state index in [9.17, 15) is 43.3 Å². The smallest absolute Gasteiger partial charge is 0.224 e. The highest BCUT2D eigenvalue weighted by molar-refractivity contribution is 7.52. The molecule has 5 N–H and O–H groups in total. The molecule has 20 nitrogen and oxygen atoms in total. The maximum absolute atomic E-state index is 13.9. The van der Waals surface area contributed by atoms with Gasteiger partial charge in [-0.1, -0.05) is 26.7 Å². The van der Waals surface area contributed by atoms with Gasteiger partial charge in [-0.25, -0.2) is 0 Å². The van der Waals surface area contributed by atoms with Crippen molar-refractivity contribution in [1.82, 2.24) is 21.3 Å². The molecule has 0 bridgehead atoms. The highest BCUT2D eigenvalue weighted by Gasteiger charge is 2.27. The van der Waals surface area contributed by atoms with E-state index in [0.717, 1.165) is 0 Å². The number of hydrogen-bond acceptors (Lipinski definition) is 16. The number of aliphatic hydroxyl groups is 1. The van der Waals surface area contributed by atoms with E-state index in [-0.39, 0.29) is 107 Å². The van der Waals surface area contributed by atoms with Crippen molar-refractivity contribution < 1.29 is 76.3 Å². The molecule has 4 amide bonds. The number of ketones is 2. The standard InChI is InChI=1S/C46H87N4O16P/c1-37(2)67(58,59)66-36-38(35-51)14-8-11-22-47-43(54)18-7-6-17-42(53)41(16-10-13-24-49-45(56)21-27-65-33-30-62-5)50-46(57)39(34-40(52)19-25-63-31-28-60-3)15-9-12-23-48-44(55)20-26-64-32-29-61-4/h37-39,41,51H,6-36H2,1-5H3,(H,47,54)(H,48,55)(H,49,56)(H,50,57)(H,58,59)/p-1. The maximum Gasteiger partial charge on any atom is 0.224 e. The molecule has 0 aromatic heterocycles. The van der Waals surface area contributed by atoms with Crippen LogP contribution < -0.4 is 26.2 Å². The van der Waals surface area contributed by atoms with E-state index in [4.69, 9.17) is 32.9 Å². The fourth-order valence-corrected chi connectivity index (χ4v) is 7.11. The van der Waals surface area contributed by atoms with Gasteiger partial charge in [-0.05, 0) is 57.8 Å². The van der Waals surface area contributed by atoms with Crippen LogP contribution in [0.3, 0.4) is 0 Å². The Bertz CT molecular complexity index is 1380. The summed E-state index contributed by atoms with van der Waals surface area (Å²) in [6.07, 6.45) is 6.33. The lowest BCUT2D eigenvalue weighted by atomic mass is 9.92. The molecule has 4 atom stereocenters. The molecule has 392 valence electrons. The van der Waals surface area contributed by atoms with Gasteiger partial charge in [0.05, 0.1) is 72.1 Å². The van der Waals surface area contributed by atoms with Crippen LogP contribution in [0.4, 0.5) is 0 Å². The third kappa shape index (κ3) is 37.6. The van der Waals surface area contributed by atoms with Crippen LogP contribution in [0.2, 0.25) is 0 Å². The van der Waals surface area contributed by atoms with Crippen molar-refractivity contribution in [3.63, 3.8) is 0 Å². The number of aliphatic hydroxyl groups excluding tert-OH is 1. The number of methoxy groups -OCH3 is 3. The second-order valence-electron chi connectivity index (χ2n) is 16.8. The third-order valence-corrected chi connectivity index (χ3v) is 12.5. The van der Waals surface area contributed by atoms with E-state index < -0.39 is 31.1 Å². The molecule has 0 saturated heterocycles. The SMILES string of the molecule is COCCOCCC(=O)CC(CCCCNC(=O)CCOCCOC)C(=O)NC(CCCCNC(=O)CCOCCOC)C(=O)CCCCC(=O)NCCCCC(CO)COP(=O)([O-])C(C)C. The van der Waals surface area contributed by atoms with Crippen LogP contribution in [0.5, 0.6) is 0 Å². The van der Waals surface area contributed by atoms with Crippen molar-refractivity contribution in [2.24, 2.45) is 11.8 Å². The molecule has 21 heteroatoms. The lowest BCUT2D eigenvalue weighted by Gasteiger charge is -2.28. The first-order valence-electron chi connectivity index (χ1n) is 24.1. The molecule has 0 aliphatic carbocycles.